The summed E-state index contributed by atoms with van der Waals surface area (Å²) in [5.41, 5.74) is 2.12. The molecule has 2 aliphatic rings. The van der Waals surface area contributed by atoms with Gasteiger partial charge in [-0.2, -0.15) is 0 Å². The van der Waals surface area contributed by atoms with Gasteiger partial charge in [0.1, 0.15) is 5.82 Å². The zero-order valence-electron chi connectivity index (χ0n) is 17.0. The van der Waals surface area contributed by atoms with Gasteiger partial charge < -0.3 is 15.5 Å². The topological polar surface area (TPSA) is 99.2 Å². The van der Waals surface area contributed by atoms with Crippen molar-refractivity contribution < 1.29 is 4.79 Å². The van der Waals surface area contributed by atoms with Crippen LogP contribution in [0.25, 0.3) is 0 Å². The van der Waals surface area contributed by atoms with E-state index in [9.17, 15) is 14.4 Å². The third-order valence-corrected chi connectivity index (χ3v) is 5.96. The highest BCUT2D eigenvalue weighted by Gasteiger charge is 2.30. The fourth-order valence-corrected chi connectivity index (χ4v) is 4.11. The first-order valence-corrected chi connectivity index (χ1v) is 9.99. The zero-order valence-corrected chi connectivity index (χ0v) is 17.0. The number of piperidine rings is 1. The summed E-state index contributed by atoms with van der Waals surface area (Å²) in [6.07, 6.45) is 1.72. The Kier molecular flexibility index (Phi) is 4.72. The summed E-state index contributed by atoms with van der Waals surface area (Å²) in [5.74, 6) is 0.405. The van der Waals surface area contributed by atoms with E-state index in [0.29, 0.717) is 17.9 Å². The Morgan fingerprint density at radius 2 is 2.03 bits per heavy atom. The molecule has 1 saturated heterocycles. The number of aromatic nitrogens is 2. The van der Waals surface area contributed by atoms with E-state index < -0.39 is 5.69 Å². The summed E-state index contributed by atoms with van der Waals surface area (Å²) in [7, 11) is 1.44. The maximum Gasteiger partial charge on any atom is 0.329 e. The number of rotatable bonds is 3. The van der Waals surface area contributed by atoms with Gasteiger partial charge in [0.2, 0.25) is 0 Å². The van der Waals surface area contributed by atoms with E-state index in [4.69, 9.17) is 0 Å². The van der Waals surface area contributed by atoms with Crippen LogP contribution in [0, 0.1) is 0 Å². The van der Waals surface area contributed by atoms with Crippen LogP contribution in [-0.4, -0.2) is 41.1 Å². The Morgan fingerprint density at radius 1 is 1.24 bits per heavy atom. The standard InChI is InChI=1S/C21H27N5O3/c1-21(2)12-22-16-7-6-13(9-15(16)21)19(28)23-14-5-4-8-26(11-14)17-10-18(27)25(3)20(29)24-17/h6-7,9-10,14,22H,4-5,8,11-12H2,1-3H3,(H,23,28)(H,24,29). The number of amides is 1. The molecule has 0 aliphatic carbocycles. The lowest BCUT2D eigenvalue weighted by molar-refractivity contribution is 0.0933. The normalized spacial score (nSPS) is 20.1. The number of anilines is 2. The lowest BCUT2D eigenvalue weighted by Crippen LogP contribution is -2.49. The Morgan fingerprint density at radius 3 is 2.79 bits per heavy atom. The highest BCUT2D eigenvalue weighted by atomic mass is 16.2. The van der Waals surface area contributed by atoms with Gasteiger partial charge in [-0.25, -0.2) is 4.79 Å². The molecule has 1 amide bonds. The van der Waals surface area contributed by atoms with Crippen molar-refractivity contribution in [3.63, 3.8) is 0 Å². The van der Waals surface area contributed by atoms with Crippen molar-refractivity contribution in [2.75, 3.05) is 29.9 Å². The SMILES string of the molecule is Cn1c(=O)cc(N2CCCC(NC(=O)c3ccc4c(c3)C(C)(C)CN4)C2)[nH]c1=O. The van der Waals surface area contributed by atoms with E-state index in [1.54, 1.807) is 0 Å². The number of nitrogens with one attached hydrogen (secondary N) is 3. The monoisotopic (exact) mass is 397 g/mol. The van der Waals surface area contributed by atoms with E-state index in [-0.39, 0.29) is 22.9 Å². The van der Waals surface area contributed by atoms with Crippen molar-refractivity contribution in [2.24, 2.45) is 7.05 Å². The number of hydrogen-bond acceptors (Lipinski definition) is 5. The van der Waals surface area contributed by atoms with Crippen molar-refractivity contribution in [3.8, 4) is 0 Å². The third kappa shape index (κ3) is 3.66. The number of fused-ring (bicyclic) bond motifs is 1. The van der Waals surface area contributed by atoms with Gasteiger partial charge in [-0.3, -0.25) is 19.1 Å². The molecule has 2 aromatic rings. The molecule has 2 aliphatic heterocycles. The van der Waals surface area contributed by atoms with Gasteiger partial charge in [0, 0.05) is 55.5 Å². The lowest BCUT2D eigenvalue weighted by Gasteiger charge is -2.34. The second-order valence-corrected chi connectivity index (χ2v) is 8.61. The fraction of sp³-hybridized carbons (Fsp3) is 0.476. The first-order valence-electron chi connectivity index (χ1n) is 9.99. The molecular weight excluding hydrogens is 370 g/mol. The maximum atomic E-state index is 12.9. The summed E-state index contributed by atoms with van der Waals surface area (Å²) < 4.78 is 1.04. The average molecular weight is 397 g/mol. The fourth-order valence-electron chi connectivity index (χ4n) is 4.11. The number of carbonyl (C=O) groups excluding carboxylic acids is 1. The molecule has 4 rings (SSSR count). The minimum atomic E-state index is -0.437. The first kappa shape index (κ1) is 19.3. The summed E-state index contributed by atoms with van der Waals surface area (Å²) in [6, 6.07) is 7.17. The van der Waals surface area contributed by atoms with Gasteiger partial charge in [-0.15, -0.1) is 0 Å². The van der Waals surface area contributed by atoms with Crippen molar-refractivity contribution >= 4 is 17.4 Å². The molecule has 3 N–H and O–H groups in total. The van der Waals surface area contributed by atoms with E-state index in [0.717, 1.165) is 41.7 Å². The molecular formula is C21H27N5O3. The van der Waals surface area contributed by atoms with Gasteiger partial charge in [0.15, 0.2) is 0 Å². The number of H-pyrrole nitrogens is 1. The molecule has 3 heterocycles. The van der Waals surface area contributed by atoms with Crippen LogP contribution in [-0.2, 0) is 12.5 Å². The van der Waals surface area contributed by atoms with Crippen LogP contribution >= 0.6 is 0 Å². The quantitative estimate of drug-likeness (QED) is 0.722. The number of benzene rings is 1. The van der Waals surface area contributed by atoms with E-state index in [2.05, 4.69) is 29.5 Å². The van der Waals surface area contributed by atoms with Crippen LogP contribution < -0.4 is 26.8 Å². The smallest absolute Gasteiger partial charge is 0.329 e. The van der Waals surface area contributed by atoms with Crippen LogP contribution in [0.2, 0.25) is 0 Å². The summed E-state index contributed by atoms with van der Waals surface area (Å²) in [5, 5.41) is 6.50. The van der Waals surface area contributed by atoms with Crippen LogP contribution in [0.1, 0.15) is 42.6 Å². The van der Waals surface area contributed by atoms with Crippen LogP contribution in [0.3, 0.4) is 0 Å². The molecule has 1 atom stereocenters. The van der Waals surface area contributed by atoms with Crippen molar-refractivity contribution in [3.05, 3.63) is 56.2 Å². The predicted molar refractivity (Wildman–Crippen MR) is 113 cm³/mol. The number of hydrogen-bond donors (Lipinski definition) is 3. The molecule has 0 radical (unpaired) electrons. The second-order valence-electron chi connectivity index (χ2n) is 8.61. The number of carbonyl (C=O) groups is 1. The van der Waals surface area contributed by atoms with Gasteiger partial charge in [0.05, 0.1) is 0 Å². The number of aromatic amines is 1. The largest absolute Gasteiger partial charge is 0.384 e. The number of nitrogens with zero attached hydrogens (tertiary/aromatic N) is 2. The van der Waals surface area contributed by atoms with E-state index in [1.165, 1.54) is 13.1 Å². The first-order chi connectivity index (χ1) is 13.7. The molecule has 1 aromatic heterocycles. The molecule has 8 heteroatoms. The highest BCUT2D eigenvalue weighted by molar-refractivity contribution is 5.95. The maximum absolute atomic E-state index is 12.9. The Hall–Kier alpha value is -3.03. The van der Waals surface area contributed by atoms with Crippen molar-refractivity contribution in [1.82, 2.24) is 14.9 Å². The molecule has 154 valence electrons. The van der Waals surface area contributed by atoms with Crippen LogP contribution in [0.4, 0.5) is 11.5 Å². The molecule has 0 saturated carbocycles. The molecule has 1 unspecified atom stereocenters. The lowest BCUT2D eigenvalue weighted by atomic mass is 9.86. The van der Waals surface area contributed by atoms with Gasteiger partial charge in [-0.05, 0) is 36.6 Å². The van der Waals surface area contributed by atoms with Gasteiger partial charge in [0.25, 0.3) is 11.5 Å². The van der Waals surface area contributed by atoms with E-state index in [1.807, 2.05) is 23.1 Å². The summed E-state index contributed by atoms with van der Waals surface area (Å²) >= 11 is 0. The minimum absolute atomic E-state index is 0.00137. The Balaban J connectivity index is 1.48. The Bertz CT molecular complexity index is 1040. The molecule has 29 heavy (non-hydrogen) atoms. The third-order valence-electron chi connectivity index (χ3n) is 5.96. The summed E-state index contributed by atoms with van der Waals surface area (Å²) in [6.45, 7) is 6.47. The molecule has 0 bridgehead atoms. The average Bonchev–Trinajstić information content (AvgIpc) is 3.00. The minimum Gasteiger partial charge on any atom is -0.384 e. The van der Waals surface area contributed by atoms with E-state index >= 15 is 0 Å². The van der Waals surface area contributed by atoms with Gasteiger partial charge in [-0.1, -0.05) is 13.8 Å². The molecule has 8 nitrogen and oxygen atoms in total. The van der Waals surface area contributed by atoms with Gasteiger partial charge >= 0.3 is 5.69 Å². The molecule has 0 spiro atoms. The molecule has 1 fully saturated rings. The molecule has 1 aromatic carbocycles. The van der Waals surface area contributed by atoms with Crippen molar-refractivity contribution in [2.45, 2.75) is 38.1 Å². The summed E-state index contributed by atoms with van der Waals surface area (Å²) in [4.78, 5) is 41.4. The van der Waals surface area contributed by atoms with Crippen LogP contribution in [0.5, 0.6) is 0 Å². The van der Waals surface area contributed by atoms with Crippen LogP contribution in [0.15, 0.2) is 33.9 Å². The predicted octanol–water partition coefficient (Wildman–Crippen LogP) is 1.18. The highest BCUT2D eigenvalue weighted by Crippen LogP contribution is 2.36. The Labute approximate surface area is 168 Å². The second kappa shape index (κ2) is 7.09. The zero-order chi connectivity index (χ0) is 20.8. The van der Waals surface area contributed by atoms with Crippen molar-refractivity contribution in [1.29, 1.82) is 0 Å².